The molecular formula is C30H37BN2O3. The monoisotopic (exact) mass is 484 g/mol. The second-order valence-corrected chi connectivity index (χ2v) is 8.92. The first kappa shape index (κ1) is 26.2. The number of benzene rings is 3. The number of nitrogens with one attached hydrogen (secondary N) is 1. The molecule has 1 saturated heterocycles. The number of nitrogens with zero attached hydrogens (tertiary/aromatic N) is 1. The fraction of sp³-hybridized carbons (Fsp3) is 0.333. The van der Waals surface area contributed by atoms with Crippen molar-refractivity contribution in [3.05, 3.63) is 95.6 Å². The van der Waals surface area contributed by atoms with E-state index in [1.807, 2.05) is 7.05 Å². The fourth-order valence-electron chi connectivity index (χ4n) is 4.73. The third-order valence-electron chi connectivity index (χ3n) is 6.59. The van der Waals surface area contributed by atoms with Crippen LogP contribution in [0.4, 0.5) is 0 Å². The van der Waals surface area contributed by atoms with E-state index in [1.54, 1.807) is 7.11 Å². The first-order valence-electron chi connectivity index (χ1n) is 12.9. The number of rotatable bonds is 12. The van der Waals surface area contributed by atoms with Crippen LogP contribution in [0.25, 0.3) is 11.1 Å². The number of ether oxygens (including phenoxy) is 2. The van der Waals surface area contributed by atoms with Crippen LogP contribution in [0, 0.1) is 0 Å². The first-order chi connectivity index (χ1) is 17.7. The van der Waals surface area contributed by atoms with E-state index in [4.69, 9.17) is 14.1 Å². The Bertz CT molecular complexity index is 1100. The molecule has 1 heterocycles. The van der Waals surface area contributed by atoms with E-state index in [9.17, 15) is 0 Å². The van der Waals surface area contributed by atoms with Gasteiger partial charge in [-0.3, -0.25) is 0 Å². The normalized spacial score (nSPS) is 14.7. The molecule has 5 nitrogen and oxygen atoms in total. The van der Waals surface area contributed by atoms with Crippen LogP contribution in [0.15, 0.2) is 78.9 Å². The van der Waals surface area contributed by atoms with Crippen molar-refractivity contribution in [1.29, 1.82) is 0 Å². The zero-order valence-corrected chi connectivity index (χ0v) is 21.7. The minimum absolute atomic E-state index is 0.0181. The van der Waals surface area contributed by atoms with E-state index < -0.39 is 0 Å². The van der Waals surface area contributed by atoms with Gasteiger partial charge in [-0.15, -0.1) is 0 Å². The second kappa shape index (κ2) is 13.4. The molecule has 3 aromatic carbocycles. The van der Waals surface area contributed by atoms with Crippen molar-refractivity contribution in [1.82, 2.24) is 10.1 Å². The standard InChI is InChI=1S/C30H37BN2O3/c1-4-29(24-8-6-5-7-9-24)30(26-12-16-28(17-13-26)35-21-18-32-2)25-10-14-27(15-11-25)31-33(19-22-34-3)20-23-36-31/h5-17,32H,4,18-23H2,1-3H3. The molecule has 6 heteroatoms. The molecule has 0 bridgehead atoms. The van der Waals surface area contributed by atoms with Crippen molar-refractivity contribution in [2.24, 2.45) is 0 Å². The molecule has 3 aromatic rings. The minimum atomic E-state index is -0.0181. The summed E-state index contributed by atoms with van der Waals surface area (Å²) in [5.41, 5.74) is 7.38. The summed E-state index contributed by atoms with van der Waals surface area (Å²) < 4.78 is 17.2. The van der Waals surface area contributed by atoms with Crippen LogP contribution < -0.4 is 15.5 Å². The zero-order valence-electron chi connectivity index (χ0n) is 21.7. The molecule has 0 atom stereocenters. The van der Waals surface area contributed by atoms with E-state index in [0.29, 0.717) is 13.2 Å². The molecule has 1 N–H and O–H groups in total. The average Bonchev–Trinajstić information content (AvgIpc) is 3.40. The Morgan fingerprint density at radius 1 is 0.917 bits per heavy atom. The van der Waals surface area contributed by atoms with Crippen LogP contribution in [0.3, 0.4) is 0 Å². The van der Waals surface area contributed by atoms with Crippen molar-refractivity contribution >= 4 is 23.7 Å². The van der Waals surface area contributed by atoms with Crippen molar-refractivity contribution in [3.8, 4) is 5.75 Å². The summed E-state index contributed by atoms with van der Waals surface area (Å²) in [6.07, 6.45) is 0.929. The Kier molecular flexibility index (Phi) is 9.76. The molecule has 1 aliphatic heterocycles. The molecule has 0 saturated carbocycles. The summed E-state index contributed by atoms with van der Waals surface area (Å²) >= 11 is 0. The summed E-state index contributed by atoms with van der Waals surface area (Å²) in [4.78, 5) is 2.34. The van der Waals surface area contributed by atoms with E-state index in [-0.39, 0.29) is 7.05 Å². The number of allylic oxidation sites excluding steroid dienone is 1. The number of hydrogen-bond donors (Lipinski definition) is 1. The molecule has 1 fully saturated rings. The van der Waals surface area contributed by atoms with Gasteiger partial charge in [0.15, 0.2) is 0 Å². The van der Waals surface area contributed by atoms with Gasteiger partial charge in [0.05, 0.1) is 6.61 Å². The molecule has 0 unspecified atom stereocenters. The summed E-state index contributed by atoms with van der Waals surface area (Å²) in [5, 5.41) is 3.12. The molecule has 188 valence electrons. The van der Waals surface area contributed by atoms with E-state index in [1.165, 1.54) is 33.3 Å². The molecule has 0 aromatic heterocycles. The van der Waals surface area contributed by atoms with Crippen molar-refractivity contribution < 1.29 is 14.1 Å². The highest BCUT2D eigenvalue weighted by Crippen LogP contribution is 2.34. The van der Waals surface area contributed by atoms with Gasteiger partial charge in [0.1, 0.15) is 12.4 Å². The third kappa shape index (κ3) is 6.45. The topological polar surface area (TPSA) is 43.0 Å². The van der Waals surface area contributed by atoms with Crippen LogP contribution >= 0.6 is 0 Å². The lowest BCUT2D eigenvalue weighted by atomic mass is 9.71. The van der Waals surface area contributed by atoms with Gasteiger partial charge in [-0.05, 0) is 58.9 Å². The Hall–Kier alpha value is -2.90. The minimum Gasteiger partial charge on any atom is -0.492 e. The maximum atomic E-state index is 6.07. The van der Waals surface area contributed by atoms with Gasteiger partial charge in [-0.2, -0.15) is 0 Å². The lowest BCUT2D eigenvalue weighted by molar-refractivity contribution is 0.181. The highest BCUT2D eigenvalue weighted by Gasteiger charge is 2.32. The van der Waals surface area contributed by atoms with Gasteiger partial charge in [0, 0.05) is 33.4 Å². The van der Waals surface area contributed by atoms with Gasteiger partial charge in [-0.25, -0.2) is 0 Å². The van der Waals surface area contributed by atoms with Crippen LogP contribution in [0.1, 0.15) is 30.0 Å². The molecule has 36 heavy (non-hydrogen) atoms. The maximum Gasteiger partial charge on any atom is 0.418 e. The lowest BCUT2D eigenvalue weighted by Gasteiger charge is -2.20. The molecule has 0 aliphatic carbocycles. The molecule has 4 rings (SSSR count). The van der Waals surface area contributed by atoms with E-state index in [0.717, 1.165) is 38.4 Å². The molecular weight excluding hydrogens is 447 g/mol. The Morgan fingerprint density at radius 3 is 2.25 bits per heavy atom. The van der Waals surface area contributed by atoms with Crippen LogP contribution in [0.5, 0.6) is 5.75 Å². The SMILES string of the molecule is CCC(=C(c1ccc(OCCNC)cc1)c1ccc(B2OCCN2CCOC)cc1)c1ccccc1. The van der Waals surface area contributed by atoms with E-state index >= 15 is 0 Å². The van der Waals surface area contributed by atoms with Crippen molar-refractivity contribution in [2.75, 3.05) is 53.6 Å². The van der Waals surface area contributed by atoms with Gasteiger partial charge in [0.2, 0.25) is 0 Å². The predicted octanol–water partition coefficient (Wildman–Crippen LogP) is 4.33. The Balaban J connectivity index is 1.68. The summed E-state index contributed by atoms with van der Waals surface area (Å²) in [5.74, 6) is 0.885. The average molecular weight is 484 g/mol. The predicted molar refractivity (Wildman–Crippen MR) is 150 cm³/mol. The summed E-state index contributed by atoms with van der Waals surface area (Å²) in [7, 11) is 3.66. The van der Waals surface area contributed by atoms with Crippen LogP contribution in [0.2, 0.25) is 0 Å². The van der Waals surface area contributed by atoms with Crippen molar-refractivity contribution in [2.45, 2.75) is 13.3 Å². The van der Waals surface area contributed by atoms with Crippen molar-refractivity contribution in [3.63, 3.8) is 0 Å². The Morgan fingerprint density at radius 2 is 1.61 bits per heavy atom. The number of methoxy groups -OCH3 is 1. The first-order valence-corrected chi connectivity index (χ1v) is 12.9. The maximum absolute atomic E-state index is 6.07. The number of hydrogen-bond acceptors (Lipinski definition) is 5. The van der Waals surface area contributed by atoms with Gasteiger partial charge >= 0.3 is 7.05 Å². The third-order valence-corrected chi connectivity index (χ3v) is 6.59. The molecule has 0 radical (unpaired) electrons. The lowest BCUT2D eigenvalue weighted by Crippen LogP contribution is -2.46. The fourth-order valence-corrected chi connectivity index (χ4v) is 4.73. The zero-order chi connectivity index (χ0) is 25.2. The van der Waals surface area contributed by atoms with Gasteiger partial charge < -0.3 is 24.3 Å². The van der Waals surface area contributed by atoms with Gasteiger partial charge in [-0.1, -0.05) is 73.7 Å². The van der Waals surface area contributed by atoms with Gasteiger partial charge in [0.25, 0.3) is 0 Å². The second-order valence-electron chi connectivity index (χ2n) is 8.92. The molecule has 1 aliphatic rings. The largest absolute Gasteiger partial charge is 0.492 e. The molecule has 0 spiro atoms. The quantitative estimate of drug-likeness (QED) is 0.236. The smallest absolute Gasteiger partial charge is 0.418 e. The highest BCUT2D eigenvalue weighted by atomic mass is 16.5. The van der Waals surface area contributed by atoms with Crippen LogP contribution in [-0.2, 0) is 9.39 Å². The Labute approximate surface area is 216 Å². The molecule has 0 amide bonds. The number of likely N-dealkylation sites (N-methyl/N-ethyl adjacent to an activating group) is 1. The highest BCUT2D eigenvalue weighted by molar-refractivity contribution is 6.65. The van der Waals surface area contributed by atoms with Crippen LogP contribution in [-0.4, -0.2) is 65.5 Å². The summed E-state index contributed by atoms with van der Waals surface area (Å²) in [6.45, 7) is 6.94. The summed E-state index contributed by atoms with van der Waals surface area (Å²) in [6, 6.07) is 28.0. The van der Waals surface area contributed by atoms with E-state index in [2.05, 4.69) is 95.9 Å².